The molecule has 0 saturated heterocycles. The average molecular weight is 305 g/mol. The largest absolute Gasteiger partial charge is 0.408 e. The third-order valence-electron chi connectivity index (χ3n) is 5.73. The first-order valence-electron chi connectivity index (χ1n) is 8.29. The van der Waals surface area contributed by atoms with Crippen LogP contribution in [0, 0.1) is 23.2 Å². The number of hydrogen-bond donors (Lipinski definition) is 1. The predicted molar refractivity (Wildman–Crippen MR) is 79.1 cm³/mol. The van der Waals surface area contributed by atoms with E-state index in [0.29, 0.717) is 18.9 Å². The molecule has 6 nitrogen and oxygen atoms in total. The van der Waals surface area contributed by atoms with Crippen molar-refractivity contribution in [3.8, 4) is 0 Å². The molecule has 4 aliphatic carbocycles. The van der Waals surface area contributed by atoms with Gasteiger partial charge in [-0.2, -0.15) is 0 Å². The number of aromatic nitrogens is 2. The molecule has 0 atom stereocenters. The van der Waals surface area contributed by atoms with Gasteiger partial charge in [0.25, 0.3) is 0 Å². The van der Waals surface area contributed by atoms with Crippen LogP contribution in [0.1, 0.15) is 44.4 Å². The van der Waals surface area contributed by atoms with E-state index in [1.165, 1.54) is 19.3 Å². The lowest BCUT2D eigenvalue weighted by atomic mass is 9.49. The fourth-order valence-corrected chi connectivity index (χ4v) is 5.21. The Hall–Kier alpha value is -1.43. The van der Waals surface area contributed by atoms with Crippen LogP contribution in [0.2, 0.25) is 0 Å². The van der Waals surface area contributed by atoms with Crippen LogP contribution in [-0.4, -0.2) is 29.8 Å². The van der Waals surface area contributed by atoms with Gasteiger partial charge in [-0.25, -0.2) is 0 Å². The molecule has 0 radical (unpaired) electrons. The average Bonchev–Trinajstić information content (AvgIpc) is 2.91. The Morgan fingerprint density at radius 2 is 1.86 bits per heavy atom. The van der Waals surface area contributed by atoms with Gasteiger partial charge in [0.15, 0.2) is 0 Å². The maximum absolute atomic E-state index is 12.8. The van der Waals surface area contributed by atoms with Gasteiger partial charge in [0.2, 0.25) is 11.8 Å². The molecule has 1 aromatic heterocycles. The van der Waals surface area contributed by atoms with Gasteiger partial charge in [0.1, 0.15) is 0 Å². The van der Waals surface area contributed by atoms with E-state index in [1.54, 1.807) is 7.11 Å². The third kappa shape index (κ3) is 2.43. The molecule has 1 N–H and O–H groups in total. The van der Waals surface area contributed by atoms with Crippen molar-refractivity contribution >= 4 is 11.9 Å². The topological polar surface area (TPSA) is 77.3 Å². The van der Waals surface area contributed by atoms with Gasteiger partial charge in [-0.3, -0.25) is 10.1 Å². The molecule has 5 rings (SSSR count). The zero-order valence-electron chi connectivity index (χ0n) is 13.0. The molecular formula is C16H23N3O3. The van der Waals surface area contributed by atoms with Crippen LogP contribution < -0.4 is 5.32 Å². The molecule has 1 amide bonds. The molecule has 0 spiro atoms. The SMILES string of the molecule is COCCc1nnc(NC(=O)C23CC4CC(CC(C4)C2)C3)o1. The van der Waals surface area contributed by atoms with Crippen molar-refractivity contribution in [2.75, 3.05) is 19.0 Å². The lowest BCUT2D eigenvalue weighted by Gasteiger charge is -2.55. The maximum atomic E-state index is 12.8. The summed E-state index contributed by atoms with van der Waals surface area (Å²) < 4.78 is 10.5. The smallest absolute Gasteiger partial charge is 0.322 e. The number of rotatable bonds is 5. The number of hydrogen-bond acceptors (Lipinski definition) is 5. The summed E-state index contributed by atoms with van der Waals surface area (Å²) in [4.78, 5) is 12.8. The van der Waals surface area contributed by atoms with E-state index >= 15 is 0 Å². The van der Waals surface area contributed by atoms with Gasteiger partial charge in [0, 0.05) is 13.5 Å². The monoisotopic (exact) mass is 305 g/mol. The minimum Gasteiger partial charge on any atom is -0.408 e. The van der Waals surface area contributed by atoms with Crippen molar-refractivity contribution in [2.45, 2.75) is 44.9 Å². The van der Waals surface area contributed by atoms with Gasteiger partial charge < -0.3 is 9.15 Å². The summed E-state index contributed by atoms with van der Waals surface area (Å²) >= 11 is 0. The van der Waals surface area contributed by atoms with E-state index in [1.807, 2.05) is 0 Å². The van der Waals surface area contributed by atoms with E-state index in [4.69, 9.17) is 9.15 Å². The number of ether oxygens (including phenoxy) is 1. The summed E-state index contributed by atoms with van der Waals surface area (Å²) in [6.45, 7) is 0.532. The highest BCUT2D eigenvalue weighted by molar-refractivity contribution is 5.94. The predicted octanol–water partition coefficient (Wildman–Crippen LogP) is 2.41. The van der Waals surface area contributed by atoms with Crippen LogP contribution in [0.3, 0.4) is 0 Å². The lowest BCUT2D eigenvalue weighted by molar-refractivity contribution is -0.140. The van der Waals surface area contributed by atoms with Crippen LogP contribution >= 0.6 is 0 Å². The number of amides is 1. The van der Waals surface area contributed by atoms with Crippen molar-refractivity contribution in [1.29, 1.82) is 0 Å². The standard InChI is InChI=1S/C16H23N3O3/c1-21-3-2-13-18-19-15(22-13)17-14(20)16-7-10-4-11(8-16)6-12(5-10)9-16/h10-12H,2-9H2,1H3,(H,17,19,20). The number of methoxy groups -OCH3 is 1. The van der Waals surface area contributed by atoms with Crippen LogP contribution in [0.25, 0.3) is 0 Å². The first-order chi connectivity index (χ1) is 10.7. The van der Waals surface area contributed by atoms with E-state index in [0.717, 1.165) is 37.0 Å². The Bertz CT molecular complexity index is 533. The second kappa shape index (κ2) is 5.33. The van der Waals surface area contributed by atoms with Gasteiger partial charge in [-0.05, 0) is 56.3 Å². The molecule has 4 aliphatic rings. The fourth-order valence-electron chi connectivity index (χ4n) is 5.21. The van der Waals surface area contributed by atoms with Gasteiger partial charge in [-0.1, -0.05) is 5.10 Å². The van der Waals surface area contributed by atoms with E-state index in [9.17, 15) is 4.79 Å². The quantitative estimate of drug-likeness (QED) is 0.904. The van der Waals surface area contributed by atoms with Crippen molar-refractivity contribution in [2.24, 2.45) is 23.2 Å². The Morgan fingerprint density at radius 3 is 2.45 bits per heavy atom. The first-order valence-corrected chi connectivity index (χ1v) is 8.29. The Kier molecular flexibility index (Phi) is 3.44. The highest BCUT2D eigenvalue weighted by atomic mass is 16.5. The summed E-state index contributed by atoms with van der Waals surface area (Å²) in [7, 11) is 1.63. The van der Waals surface area contributed by atoms with E-state index in [-0.39, 0.29) is 17.3 Å². The molecule has 0 aliphatic heterocycles. The molecule has 120 valence electrons. The van der Waals surface area contributed by atoms with Gasteiger partial charge in [0.05, 0.1) is 12.0 Å². The molecule has 0 aromatic carbocycles. The maximum Gasteiger partial charge on any atom is 0.322 e. The van der Waals surface area contributed by atoms with Crippen molar-refractivity contribution in [3.05, 3.63) is 5.89 Å². The van der Waals surface area contributed by atoms with Crippen molar-refractivity contribution in [1.82, 2.24) is 10.2 Å². The molecule has 0 unspecified atom stereocenters. The van der Waals surface area contributed by atoms with E-state index in [2.05, 4.69) is 15.5 Å². The molecule has 1 heterocycles. The molecule has 1 aromatic rings. The summed E-state index contributed by atoms with van der Waals surface area (Å²) in [5.74, 6) is 2.84. The summed E-state index contributed by atoms with van der Waals surface area (Å²) in [5, 5.41) is 10.7. The molecule has 4 saturated carbocycles. The Morgan fingerprint density at radius 1 is 1.23 bits per heavy atom. The number of carbonyl (C=O) groups excluding carboxylic acids is 1. The third-order valence-corrected chi connectivity index (χ3v) is 5.73. The first kappa shape index (κ1) is 14.2. The van der Waals surface area contributed by atoms with E-state index < -0.39 is 0 Å². The second-order valence-corrected chi connectivity index (χ2v) is 7.40. The highest BCUT2D eigenvalue weighted by Gasteiger charge is 2.54. The highest BCUT2D eigenvalue weighted by Crippen LogP contribution is 2.60. The Labute approximate surface area is 130 Å². The van der Waals surface area contributed by atoms with Crippen molar-refractivity contribution < 1.29 is 13.9 Å². The van der Waals surface area contributed by atoms with Crippen LogP contribution in [0.5, 0.6) is 0 Å². The van der Waals surface area contributed by atoms with Crippen molar-refractivity contribution in [3.63, 3.8) is 0 Å². The summed E-state index contributed by atoms with van der Waals surface area (Å²) in [5.41, 5.74) is -0.185. The minimum absolute atomic E-state index is 0.0912. The molecular weight excluding hydrogens is 282 g/mol. The van der Waals surface area contributed by atoms with Crippen LogP contribution in [0.15, 0.2) is 4.42 Å². The number of nitrogens with one attached hydrogen (secondary N) is 1. The molecule has 4 fully saturated rings. The lowest BCUT2D eigenvalue weighted by Crippen LogP contribution is -2.51. The second-order valence-electron chi connectivity index (χ2n) is 7.40. The van der Waals surface area contributed by atoms with Gasteiger partial charge in [-0.15, -0.1) is 5.10 Å². The molecule has 6 heteroatoms. The molecule has 4 bridgehead atoms. The number of anilines is 1. The van der Waals surface area contributed by atoms with Gasteiger partial charge >= 0.3 is 6.01 Å². The summed E-state index contributed by atoms with van der Waals surface area (Å²) in [6.07, 6.45) is 7.66. The Balaban J connectivity index is 1.45. The zero-order chi connectivity index (χ0) is 15.2. The zero-order valence-corrected chi connectivity index (χ0v) is 13.0. The normalized spacial score (nSPS) is 35.8. The number of carbonyl (C=O) groups is 1. The minimum atomic E-state index is -0.185. The summed E-state index contributed by atoms with van der Waals surface area (Å²) in [6, 6.07) is 0.229. The van der Waals surface area contributed by atoms with Crippen LogP contribution in [-0.2, 0) is 16.0 Å². The number of nitrogens with zero attached hydrogens (tertiary/aromatic N) is 2. The fraction of sp³-hybridized carbons (Fsp3) is 0.812. The molecule has 22 heavy (non-hydrogen) atoms. The van der Waals surface area contributed by atoms with Crippen LogP contribution in [0.4, 0.5) is 6.01 Å².